The minimum Gasteiger partial charge on any atom is -0.496 e. The van der Waals surface area contributed by atoms with Gasteiger partial charge in [0.25, 0.3) is 0 Å². The van der Waals surface area contributed by atoms with Crippen molar-refractivity contribution in [1.29, 1.82) is 0 Å². The fourth-order valence-electron chi connectivity index (χ4n) is 3.23. The van der Waals surface area contributed by atoms with E-state index in [1.165, 1.54) is 36.8 Å². The number of hydrogen-bond donors (Lipinski definition) is 1. The first-order valence-electron chi connectivity index (χ1n) is 7.46. The highest BCUT2D eigenvalue weighted by atomic mass is 16.5. The van der Waals surface area contributed by atoms with Gasteiger partial charge >= 0.3 is 0 Å². The predicted molar refractivity (Wildman–Crippen MR) is 81.0 cm³/mol. The first-order chi connectivity index (χ1) is 9.10. The zero-order valence-electron chi connectivity index (χ0n) is 12.8. The van der Waals surface area contributed by atoms with Crippen LogP contribution in [0.2, 0.25) is 0 Å². The van der Waals surface area contributed by atoms with Gasteiger partial charge in [0.2, 0.25) is 0 Å². The number of hydrogen-bond acceptors (Lipinski definition) is 2. The number of rotatable bonds is 5. The lowest BCUT2D eigenvalue weighted by atomic mass is 9.87. The predicted octanol–water partition coefficient (Wildman–Crippen LogP) is 3.89. The van der Waals surface area contributed by atoms with Gasteiger partial charge in [0.15, 0.2) is 0 Å². The largest absolute Gasteiger partial charge is 0.496 e. The van der Waals surface area contributed by atoms with Crippen LogP contribution in [-0.4, -0.2) is 19.7 Å². The molecule has 0 radical (unpaired) electrons. The fraction of sp³-hybridized carbons (Fsp3) is 0.647. The standard InChI is InChI=1S/C17H27NO/c1-13(2)14-7-8-16(19-4)15(11-14)12-17(18-3)9-5-6-10-17/h7-8,11,13,18H,5-6,9-10,12H2,1-4H3. The van der Waals surface area contributed by atoms with Gasteiger partial charge in [-0.05, 0) is 49.4 Å². The molecule has 0 atom stereocenters. The normalized spacial score (nSPS) is 17.9. The maximum atomic E-state index is 5.55. The van der Waals surface area contributed by atoms with Gasteiger partial charge in [-0.25, -0.2) is 0 Å². The fourth-order valence-corrected chi connectivity index (χ4v) is 3.23. The molecule has 0 aliphatic heterocycles. The Labute approximate surface area is 117 Å². The second kappa shape index (κ2) is 5.96. The van der Waals surface area contributed by atoms with E-state index < -0.39 is 0 Å². The number of ether oxygens (including phenoxy) is 1. The first-order valence-corrected chi connectivity index (χ1v) is 7.46. The maximum absolute atomic E-state index is 5.55. The van der Waals surface area contributed by atoms with E-state index in [0.29, 0.717) is 5.92 Å². The monoisotopic (exact) mass is 261 g/mol. The molecule has 0 bridgehead atoms. The summed E-state index contributed by atoms with van der Waals surface area (Å²) in [4.78, 5) is 0. The molecule has 106 valence electrons. The van der Waals surface area contributed by atoms with E-state index in [2.05, 4.69) is 44.4 Å². The van der Waals surface area contributed by atoms with Crippen LogP contribution in [0.3, 0.4) is 0 Å². The summed E-state index contributed by atoms with van der Waals surface area (Å²) in [5.41, 5.74) is 3.04. The third-order valence-corrected chi connectivity index (χ3v) is 4.59. The van der Waals surface area contributed by atoms with Crippen LogP contribution in [0.5, 0.6) is 5.75 Å². The molecule has 0 aromatic heterocycles. The minimum atomic E-state index is 0.281. The van der Waals surface area contributed by atoms with E-state index in [0.717, 1.165) is 12.2 Å². The molecule has 1 fully saturated rings. The van der Waals surface area contributed by atoms with Crippen LogP contribution >= 0.6 is 0 Å². The van der Waals surface area contributed by atoms with Gasteiger partial charge in [0, 0.05) is 5.54 Å². The highest BCUT2D eigenvalue weighted by Gasteiger charge is 2.33. The Kier molecular flexibility index (Phi) is 4.51. The van der Waals surface area contributed by atoms with E-state index in [4.69, 9.17) is 4.74 Å². The summed E-state index contributed by atoms with van der Waals surface area (Å²) in [5.74, 6) is 1.60. The lowest BCUT2D eigenvalue weighted by Crippen LogP contribution is -2.42. The minimum absolute atomic E-state index is 0.281. The quantitative estimate of drug-likeness (QED) is 0.868. The molecule has 1 aliphatic rings. The molecule has 0 amide bonds. The van der Waals surface area contributed by atoms with Crippen molar-refractivity contribution in [2.75, 3.05) is 14.2 Å². The van der Waals surface area contributed by atoms with Gasteiger partial charge in [-0.3, -0.25) is 0 Å². The van der Waals surface area contributed by atoms with E-state index in [9.17, 15) is 0 Å². The number of methoxy groups -OCH3 is 1. The summed E-state index contributed by atoms with van der Waals surface area (Å²) < 4.78 is 5.55. The van der Waals surface area contributed by atoms with Crippen LogP contribution in [0.1, 0.15) is 56.6 Å². The Morgan fingerprint density at radius 2 is 1.95 bits per heavy atom. The lowest BCUT2D eigenvalue weighted by Gasteiger charge is -2.29. The zero-order valence-corrected chi connectivity index (χ0v) is 12.8. The van der Waals surface area contributed by atoms with Gasteiger partial charge in [-0.15, -0.1) is 0 Å². The van der Waals surface area contributed by atoms with E-state index in [-0.39, 0.29) is 5.54 Å². The molecule has 0 saturated heterocycles. The molecule has 19 heavy (non-hydrogen) atoms. The third-order valence-electron chi connectivity index (χ3n) is 4.59. The van der Waals surface area contributed by atoms with E-state index >= 15 is 0 Å². The average molecular weight is 261 g/mol. The maximum Gasteiger partial charge on any atom is 0.122 e. The highest BCUT2D eigenvalue weighted by molar-refractivity contribution is 5.39. The van der Waals surface area contributed by atoms with Crippen LogP contribution in [-0.2, 0) is 6.42 Å². The Bertz CT molecular complexity index is 419. The van der Waals surface area contributed by atoms with Crippen molar-refractivity contribution in [2.45, 2.75) is 57.4 Å². The molecule has 0 unspecified atom stereocenters. The van der Waals surface area contributed by atoms with Crippen LogP contribution in [0.4, 0.5) is 0 Å². The SMILES string of the molecule is CNC1(Cc2cc(C(C)C)ccc2OC)CCCC1. The van der Waals surface area contributed by atoms with Crippen molar-refractivity contribution in [1.82, 2.24) is 5.32 Å². The van der Waals surface area contributed by atoms with Gasteiger partial charge in [-0.2, -0.15) is 0 Å². The first kappa shape index (κ1) is 14.4. The Hall–Kier alpha value is -1.02. The second-order valence-corrected chi connectivity index (χ2v) is 6.14. The number of likely N-dealkylation sites (N-methyl/N-ethyl adjacent to an activating group) is 1. The molecule has 0 heterocycles. The Morgan fingerprint density at radius 1 is 1.26 bits per heavy atom. The van der Waals surface area contributed by atoms with E-state index in [1.807, 2.05) is 0 Å². The molecule has 2 rings (SSSR count). The van der Waals surface area contributed by atoms with Crippen molar-refractivity contribution in [3.05, 3.63) is 29.3 Å². The van der Waals surface area contributed by atoms with Crippen LogP contribution < -0.4 is 10.1 Å². The van der Waals surface area contributed by atoms with Crippen molar-refractivity contribution in [3.63, 3.8) is 0 Å². The van der Waals surface area contributed by atoms with Crippen LogP contribution in [0.15, 0.2) is 18.2 Å². The van der Waals surface area contributed by atoms with Crippen molar-refractivity contribution < 1.29 is 4.74 Å². The summed E-state index contributed by atoms with van der Waals surface area (Å²) in [6, 6.07) is 6.65. The summed E-state index contributed by atoms with van der Waals surface area (Å²) in [5, 5.41) is 3.57. The van der Waals surface area contributed by atoms with Crippen molar-refractivity contribution in [2.24, 2.45) is 0 Å². The average Bonchev–Trinajstić information content (AvgIpc) is 2.87. The topological polar surface area (TPSA) is 21.3 Å². The van der Waals surface area contributed by atoms with Gasteiger partial charge in [0.05, 0.1) is 7.11 Å². The molecule has 1 aliphatic carbocycles. The molecular weight excluding hydrogens is 234 g/mol. The highest BCUT2D eigenvalue weighted by Crippen LogP contribution is 2.35. The Morgan fingerprint density at radius 3 is 2.47 bits per heavy atom. The smallest absolute Gasteiger partial charge is 0.122 e. The van der Waals surface area contributed by atoms with E-state index in [1.54, 1.807) is 7.11 Å². The van der Waals surface area contributed by atoms with Gasteiger partial charge < -0.3 is 10.1 Å². The van der Waals surface area contributed by atoms with Crippen LogP contribution in [0, 0.1) is 0 Å². The molecule has 1 aromatic carbocycles. The Balaban J connectivity index is 2.28. The molecule has 1 aromatic rings. The third kappa shape index (κ3) is 3.11. The molecule has 2 heteroatoms. The summed E-state index contributed by atoms with van der Waals surface area (Å²) >= 11 is 0. The lowest BCUT2D eigenvalue weighted by molar-refractivity contribution is 0.345. The molecule has 1 N–H and O–H groups in total. The molecule has 0 spiro atoms. The molecule has 2 nitrogen and oxygen atoms in total. The van der Waals surface area contributed by atoms with Crippen molar-refractivity contribution in [3.8, 4) is 5.75 Å². The zero-order chi connectivity index (χ0) is 13.9. The summed E-state index contributed by atoms with van der Waals surface area (Å²) in [6.07, 6.45) is 6.31. The molecular formula is C17H27NO. The number of benzene rings is 1. The van der Waals surface area contributed by atoms with Crippen molar-refractivity contribution >= 4 is 0 Å². The second-order valence-electron chi connectivity index (χ2n) is 6.14. The summed E-state index contributed by atoms with van der Waals surface area (Å²) in [6.45, 7) is 4.49. The van der Waals surface area contributed by atoms with Gasteiger partial charge in [0.1, 0.15) is 5.75 Å². The number of nitrogens with one attached hydrogen (secondary N) is 1. The molecule has 1 saturated carbocycles. The van der Waals surface area contributed by atoms with Gasteiger partial charge in [-0.1, -0.05) is 38.8 Å². The van der Waals surface area contributed by atoms with Crippen LogP contribution in [0.25, 0.3) is 0 Å². The summed E-state index contributed by atoms with van der Waals surface area (Å²) in [7, 11) is 3.87.